The maximum absolute atomic E-state index is 11.9. The Kier molecular flexibility index (Phi) is 2.41. The SMILES string of the molecule is NNC(=O)[C@H]1C(=O)Nc2ccccc2C1=O. The van der Waals surface area contributed by atoms with Gasteiger partial charge in [0.05, 0.1) is 5.69 Å². The Bertz CT molecular complexity index is 484. The van der Waals surface area contributed by atoms with Gasteiger partial charge in [0.25, 0.3) is 5.91 Å². The van der Waals surface area contributed by atoms with Gasteiger partial charge >= 0.3 is 0 Å². The van der Waals surface area contributed by atoms with Crippen molar-refractivity contribution in [3.05, 3.63) is 29.8 Å². The molecule has 1 aromatic rings. The third-order valence-corrected chi connectivity index (χ3v) is 2.38. The van der Waals surface area contributed by atoms with Gasteiger partial charge in [-0.05, 0) is 12.1 Å². The molecule has 0 saturated carbocycles. The van der Waals surface area contributed by atoms with Gasteiger partial charge in [-0.3, -0.25) is 19.8 Å². The van der Waals surface area contributed by atoms with E-state index >= 15 is 0 Å². The number of fused-ring (bicyclic) bond motifs is 1. The molecule has 6 nitrogen and oxygen atoms in total. The number of hydrazine groups is 1. The van der Waals surface area contributed by atoms with Crippen LogP contribution in [-0.4, -0.2) is 17.6 Å². The molecule has 1 aliphatic rings. The molecule has 4 N–H and O–H groups in total. The van der Waals surface area contributed by atoms with Crippen LogP contribution in [0.25, 0.3) is 0 Å². The smallest absolute Gasteiger partial charge is 0.254 e. The maximum atomic E-state index is 11.9. The molecule has 2 amide bonds. The number of hydrogen-bond acceptors (Lipinski definition) is 4. The number of carbonyl (C=O) groups is 3. The lowest BCUT2D eigenvalue weighted by atomic mass is 9.91. The van der Waals surface area contributed by atoms with Crippen LogP contribution < -0.4 is 16.6 Å². The molecule has 82 valence electrons. The third-order valence-electron chi connectivity index (χ3n) is 2.38. The van der Waals surface area contributed by atoms with Crippen LogP contribution in [0, 0.1) is 5.92 Å². The zero-order valence-electron chi connectivity index (χ0n) is 8.19. The van der Waals surface area contributed by atoms with Crippen LogP contribution in [0.3, 0.4) is 0 Å². The van der Waals surface area contributed by atoms with Crippen molar-refractivity contribution in [1.82, 2.24) is 5.43 Å². The van der Waals surface area contributed by atoms with Crippen LogP contribution in [0.2, 0.25) is 0 Å². The Morgan fingerprint density at radius 2 is 2.00 bits per heavy atom. The van der Waals surface area contributed by atoms with Crippen LogP contribution in [0.4, 0.5) is 5.69 Å². The Morgan fingerprint density at radius 1 is 1.31 bits per heavy atom. The van der Waals surface area contributed by atoms with E-state index in [0.29, 0.717) is 11.3 Å². The summed E-state index contributed by atoms with van der Waals surface area (Å²) in [5.41, 5.74) is 2.54. The summed E-state index contributed by atoms with van der Waals surface area (Å²) in [7, 11) is 0. The van der Waals surface area contributed by atoms with E-state index < -0.39 is 23.5 Å². The van der Waals surface area contributed by atoms with E-state index in [2.05, 4.69) is 5.32 Å². The topological polar surface area (TPSA) is 101 Å². The number of benzene rings is 1. The summed E-state index contributed by atoms with van der Waals surface area (Å²) in [6.07, 6.45) is 0. The van der Waals surface area contributed by atoms with E-state index in [1.807, 2.05) is 0 Å². The van der Waals surface area contributed by atoms with Gasteiger partial charge in [-0.2, -0.15) is 0 Å². The van der Waals surface area contributed by atoms with Gasteiger partial charge in [-0.25, -0.2) is 5.84 Å². The second-order valence-electron chi connectivity index (χ2n) is 3.34. The lowest BCUT2D eigenvalue weighted by molar-refractivity contribution is -0.130. The van der Waals surface area contributed by atoms with Crippen molar-refractivity contribution in [3.8, 4) is 0 Å². The number of Topliss-reactive ketones (excluding diaryl/α,β-unsaturated/α-hetero) is 1. The predicted molar refractivity (Wildman–Crippen MR) is 55.2 cm³/mol. The average molecular weight is 219 g/mol. The molecule has 1 heterocycles. The number of carbonyl (C=O) groups excluding carboxylic acids is 3. The number of hydrogen-bond donors (Lipinski definition) is 3. The molecule has 1 aromatic carbocycles. The number of ketones is 1. The number of nitrogens with two attached hydrogens (primary N) is 1. The maximum Gasteiger partial charge on any atom is 0.254 e. The Balaban J connectivity index is 2.46. The summed E-state index contributed by atoms with van der Waals surface area (Å²) in [6.45, 7) is 0. The minimum Gasteiger partial charge on any atom is -0.324 e. The Labute approximate surface area is 90.8 Å². The molecule has 0 fully saturated rings. The summed E-state index contributed by atoms with van der Waals surface area (Å²) >= 11 is 0. The van der Waals surface area contributed by atoms with E-state index in [9.17, 15) is 14.4 Å². The zero-order chi connectivity index (χ0) is 11.7. The zero-order valence-corrected chi connectivity index (χ0v) is 8.19. The monoisotopic (exact) mass is 219 g/mol. The van der Waals surface area contributed by atoms with E-state index in [1.54, 1.807) is 29.7 Å². The molecule has 0 bridgehead atoms. The van der Waals surface area contributed by atoms with Gasteiger partial charge in [-0.1, -0.05) is 12.1 Å². The summed E-state index contributed by atoms with van der Waals surface area (Å²) < 4.78 is 0. The highest BCUT2D eigenvalue weighted by molar-refractivity contribution is 6.30. The summed E-state index contributed by atoms with van der Waals surface area (Å²) in [5.74, 6) is 1.50. The molecule has 1 aliphatic heterocycles. The molecule has 0 unspecified atom stereocenters. The minimum atomic E-state index is -1.40. The van der Waals surface area contributed by atoms with Crippen molar-refractivity contribution in [1.29, 1.82) is 0 Å². The second-order valence-corrected chi connectivity index (χ2v) is 3.34. The lowest BCUT2D eigenvalue weighted by Crippen LogP contribution is -2.47. The van der Waals surface area contributed by atoms with Crippen LogP contribution >= 0.6 is 0 Å². The largest absolute Gasteiger partial charge is 0.324 e. The first-order valence-corrected chi connectivity index (χ1v) is 4.59. The fourth-order valence-electron chi connectivity index (χ4n) is 1.61. The van der Waals surface area contributed by atoms with Gasteiger partial charge in [0.15, 0.2) is 11.7 Å². The van der Waals surface area contributed by atoms with E-state index in [1.165, 1.54) is 0 Å². The van der Waals surface area contributed by atoms with E-state index in [0.717, 1.165) is 0 Å². The van der Waals surface area contributed by atoms with Crippen molar-refractivity contribution in [2.24, 2.45) is 11.8 Å². The average Bonchev–Trinajstić information content (AvgIpc) is 2.28. The fourth-order valence-corrected chi connectivity index (χ4v) is 1.61. The fraction of sp³-hybridized carbons (Fsp3) is 0.100. The predicted octanol–water partition coefficient (Wildman–Crippen LogP) is -0.573. The molecule has 6 heteroatoms. The Morgan fingerprint density at radius 3 is 2.69 bits per heavy atom. The van der Waals surface area contributed by atoms with E-state index in [-0.39, 0.29) is 0 Å². The van der Waals surface area contributed by atoms with Crippen molar-refractivity contribution >= 4 is 23.3 Å². The molecule has 16 heavy (non-hydrogen) atoms. The third kappa shape index (κ3) is 1.45. The summed E-state index contributed by atoms with van der Waals surface area (Å²) in [6, 6.07) is 6.50. The number of anilines is 1. The second kappa shape index (κ2) is 3.74. The molecule has 1 atom stereocenters. The highest BCUT2D eigenvalue weighted by Gasteiger charge is 2.39. The summed E-state index contributed by atoms with van der Waals surface area (Å²) in [4.78, 5) is 34.6. The molecular weight excluding hydrogens is 210 g/mol. The molecule has 0 aromatic heterocycles. The molecule has 2 rings (SSSR count). The van der Waals surface area contributed by atoms with Gasteiger partial charge in [0.2, 0.25) is 5.91 Å². The standard InChI is InChI=1S/C10H9N3O3/c11-13-10(16)7-8(14)5-3-1-2-4-6(5)12-9(7)15/h1-4,7H,11H2,(H,12,15)(H,13,16)/t7-/m1/s1. The lowest BCUT2D eigenvalue weighted by Gasteiger charge is -2.21. The van der Waals surface area contributed by atoms with Crippen molar-refractivity contribution in [2.45, 2.75) is 0 Å². The number of para-hydroxylation sites is 1. The molecule has 0 radical (unpaired) electrons. The van der Waals surface area contributed by atoms with Crippen LogP contribution in [0.15, 0.2) is 24.3 Å². The molecule has 0 saturated heterocycles. The normalized spacial score (nSPS) is 18.7. The van der Waals surface area contributed by atoms with Crippen molar-refractivity contribution in [2.75, 3.05) is 5.32 Å². The van der Waals surface area contributed by atoms with Crippen LogP contribution in [-0.2, 0) is 9.59 Å². The first-order valence-electron chi connectivity index (χ1n) is 4.59. The van der Waals surface area contributed by atoms with Gasteiger partial charge in [0, 0.05) is 5.56 Å². The van der Waals surface area contributed by atoms with Crippen LogP contribution in [0.5, 0.6) is 0 Å². The van der Waals surface area contributed by atoms with Crippen molar-refractivity contribution in [3.63, 3.8) is 0 Å². The quantitative estimate of drug-likeness (QED) is 0.255. The van der Waals surface area contributed by atoms with Gasteiger partial charge < -0.3 is 5.32 Å². The number of nitrogens with one attached hydrogen (secondary N) is 2. The highest BCUT2D eigenvalue weighted by atomic mass is 16.2. The molecule has 0 aliphatic carbocycles. The Hall–Kier alpha value is -2.21. The number of amides is 2. The molecular formula is C10H9N3O3. The van der Waals surface area contributed by atoms with Gasteiger partial charge in [-0.15, -0.1) is 0 Å². The first-order chi connectivity index (χ1) is 7.65. The minimum absolute atomic E-state index is 0.315. The van der Waals surface area contributed by atoms with E-state index in [4.69, 9.17) is 5.84 Å². The number of rotatable bonds is 1. The molecule has 0 spiro atoms. The van der Waals surface area contributed by atoms with Crippen LogP contribution in [0.1, 0.15) is 10.4 Å². The van der Waals surface area contributed by atoms with Gasteiger partial charge in [0.1, 0.15) is 0 Å². The summed E-state index contributed by atoms with van der Waals surface area (Å²) in [5, 5.41) is 2.48. The van der Waals surface area contributed by atoms with Crippen molar-refractivity contribution < 1.29 is 14.4 Å². The highest BCUT2D eigenvalue weighted by Crippen LogP contribution is 2.25. The first kappa shape index (κ1) is 10.3.